The van der Waals surface area contributed by atoms with Crippen LogP contribution in [0.3, 0.4) is 0 Å². The van der Waals surface area contributed by atoms with Gasteiger partial charge < -0.3 is 15.4 Å². The van der Waals surface area contributed by atoms with Crippen LogP contribution in [0.15, 0.2) is 24.3 Å². The Labute approximate surface area is 194 Å². The van der Waals surface area contributed by atoms with E-state index in [9.17, 15) is 19.7 Å². The van der Waals surface area contributed by atoms with Gasteiger partial charge in [-0.25, -0.2) is 4.79 Å². The lowest BCUT2D eigenvalue weighted by atomic mass is 9.91. The zero-order valence-corrected chi connectivity index (χ0v) is 20.2. The Morgan fingerprint density at radius 3 is 2.34 bits per heavy atom. The van der Waals surface area contributed by atoms with Crippen LogP contribution in [0.25, 0.3) is 0 Å². The van der Waals surface area contributed by atoms with Gasteiger partial charge >= 0.3 is 6.09 Å². The van der Waals surface area contributed by atoms with Crippen molar-refractivity contribution in [1.29, 1.82) is 0 Å². The monoisotopic (exact) mass is 465 g/mol. The number of thioether (sulfide) groups is 1. The Kier molecular flexibility index (Phi) is 9.81. The number of carbonyl (C=O) groups is 2. The third-order valence-corrected chi connectivity index (χ3v) is 6.61. The normalized spacial score (nSPS) is 16.6. The summed E-state index contributed by atoms with van der Waals surface area (Å²) in [5, 5.41) is 16.5. The molecule has 0 aromatic heterocycles. The number of rotatable bonds is 9. The van der Waals surface area contributed by atoms with Crippen LogP contribution in [0, 0.1) is 16.0 Å². The number of ether oxygens (including phenoxy) is 1. The highest BCUT2D eigenvalue weighted by molar-refractivity contribution is 7.99. The van der Waals surface area contributed by atoms with E-state index in [-0.39, 0.29) is 17.6 Å². The fourth-order valence-corrected chi connectivity index (χ4v) is 4.89. The minimum atomic E-state index is -0.737. The number of carbonyl (C=O) groups excluding carboxylic acids is 2. The summed E-state index contributed by atoms with van der Waals surface area (Å²) in [5.74, 6) is 1.78. The summed E-state index contributed by atoms with van der Waals surface area (Å²) in [6.07, 6.45) is 5.64. The maximum atomic E-state index is 13.0. The molecule has 0 bridgehead atoms. The van der Waals surface area contributed by atoms with Crippen LogP contribution in [-0.4, -0.2) is 40.1 Å². The van der Waals surface area contributed by atoms with Crippen LogP contribution < -0.4 is 10.6 Å². The Morgan fingerprint density at radius 2 is 1.78 bits per heavy atom. The van der Waals surface area contributed by atoms with Crippen molar-refractivity contribution in [3.05, 3.63) is 39.9 Å². The van der Waals surface area contributed by atoms with Gasteiger partial charge in [0.25, 0.3) is 5.69 Å². The first-order valence-corrected chi connectivity index (χ1v) is 12.3. The molecule has 0 aliphatic heterocycles. The van der Waals surface area contributed by atoms with E-state index in [1.807, 2.05) is 0 Å². The van der Waals surface area contributed by atoms with Gasteiger partial charge in [-0.1, -0.05) is 31.4 Å². The van der Waals surface area contributed by atoms with E-state index in [1.54, 1.807) is 51.6 Å². The number of nitrogens with zero attached hydrogens (tertiary/aromatic N) is 1. The lowest BCUT2D eigenvalue weighted by Gasteiger charge is -2.25. The molecule has 32 heavy (non-hydrogen) atoms. The molecule has 1 aromatic carbocycles. The highest BCUT2D eigenvalue weighted by Gasteiger charge is 2.26. The van der Waals surface area contributed by atoms with Crippen LogP contribution in [0.5, 0.6) is 0 Å². The van der Waals surface area contributed by atoms with Crippen molar-refractivity contribution in [2.45, 2.75) is 77.5 Å². The lowest BCUT2D eigenvalue weighted by Crippen LogP contribution is -2.50. The van der Waals surface area contributed by atoms with Crippen LogP contribution in [0.1, 0.15) is 71.4 Å². The summed E-state index contributed by atoms with van der Waals surface area (Å²) >= 11 is 1.68. The van der Waals surface area contributed by atoms with Gasteiger partial charge in [-0.2, -0.15) is 11.8 Å². The van der Waals surface area contributed by atoms with Gasteiger partial charge in [-0.15, -0.1) is 0 Å². The van der Waals surface area contributed by atoms with Gasteiger partial charge in [0, 0.05) is 17.9 Å². The molecule has 2 N–H and O–H groups in total. The van der Waals surface area contributed by atoms with Crippen molar-refractivity contribution in [2.75, 3.05) is 11.5 Å². The number of amides is 2. The van der Waals surface area contributed by atoms with Gasteiger partial charge in [-0.3, -0.25) is 14.9 Å². The lowest BCUT2D eigenvalue weighted by molar-refractivity contribution is -0.384. The molecule has 2 rings (SSSR count). The highest BCUT2D eigenvalue weighted by Crippen LogP contribution is 2.27. The minimum absolute atomic E-state index is 0.00384. The zero-order valence-electron chi connectivity index (χ0n) is 19.4. The fourth-order valence-electron chi connectivity index (χ4n) is 3.62. The average molecular weight is 466 g/mol. The topological polar surface area (TPSA) is 111 Å². The van der Waals surface area contributed by atoms with Crippen LogP contribution in [0.4, 0.5) is 10.5 Å². The van der Waals surface area contributed by atoms with Crippen LogP contribution in [-0.2, 0) is 9.53 Å². The Balaban J connectivity index is 1.98. The van der Waals surface area contributed by atoms with Gasteiger partial charge in [-0.05, 0) is 57.8 Å². The van der Waals surface area contributed by atoms with Crippen LogP contribution >= 0.6 is 11.8 Å². The molecule has 2 amide bonds. The van der Waals surface area contributed by atoms with E-state index >= 15 is 0 Å². The molecule has 1 aliphatic carbocycles. The van der Waals surface area contributed by atoms with Crippen molar-refractivity contribution in [2.24, 2.45) is 5.92 Å². The van der Waals surface area contributed by atoms with Crippen molar-refractivity contribution in [1.82, 2.24) is 10.6 Å². The fraction of sp³-hybridized carbons (Fsp3) is 0.652. The molecule has 178 valence electrons. The maximum absolute atomic E-state index is 13.0. The second-order valence-corrected chi connectivity index (χ2v) is 10.4. The molecular formula is C23H35N3O5S. The molecule has 0 spiro atoms. The summed E-state index contributed by atoms with van der Waals surface area (Å²) in [7, 11) is 0. The summed E-state index contributed by atoms with van der Waals surface area (Å²) in [4.78, 5) is 35.7. The predicted molar refractivity (Wildman–Crippen MR) is 127 cm³/mol. The summed E-state index contributed by atoms with van der Waals surface area (Å²) in [5.41, 5.74) is 0.0811. The molecule has 0 saturated heterocycles. The Bertz CT molecular complexity index is 773. The molecule has 1 saturated carbocycles. The second-order valence-electron chi connectivity index (χ2n) is 9.32. The van der Waals surface area contributed by atoms with Crippen molar-refractivity contribution in [3.63, 3.8) is 0 Å². The average Bonchev–Trinajstić information content (AvgIpc) is 2.72. The molecule has 2 atom stereocenters. The van der Waals surface area contributed by atoms with Crippen molar-refractivity contribution < 1.29 is 19.2 Å². The largest absolute Gasteiger partial charge is 0.444 e. The molecule has 9 heteroatoms. The maximum Gasteiger partial charge on any atom is 0.408 e. The first kappa shape index (κ1) is 26.0. The molecule has 0 heterocycles. The van der Waals surface area contributed by atoms with Gasteiger partial charge in [0.1, 0.15) is 11.6 Å². The Morgan fingerprint density at radius 1 is 1.16 bits per heavy atom. The summed E-state index contributed by atoms with van der Waals surface area (Å²) in [6, 6.07) is 4.96. The number of hydrogen-bond acceptors (Lipinski definition) is 6. The molecule has 0 unspecified atom stereocenters. The molecule has 1 aromatic rings. The molecular weight excluding hydrogens is 430 g/mol. The summed E-state index contributed by atoms with van der Waals surface area (Å²) in [6.45, 7) is 7.13. The zero-order chi connectivity index (χ0) is 23.7. The van der Waals surface area contributed by atoms with E-state index in [0.717, 1.165) is 11.3 Å². The number of nitro groups is 1. The number of benzene rings is 1. The third kappa shape index (κ3) is 9.06. The molecule has 1 fully saturated rings. The number of nitrogens with one attached hydrogen (secondary N) is 2. The smallest absolute Gasteiger partial charge is 0.408 e. The number of non-ortho nitro benzene ring substituents is 1. The van der Waals surface area contributed by atoms with E-state index in [2.05, 4.69) is 10.6 Å². The molecule has 8 nitrogen and oxygen atoms in total. The number of hydrogen-bond donors (Lipinski definition) is 2. The standard InChI is InChI=1S/C23H35N3O5S/c1-16(18-10-12-19(13-11-18)26(29)30)24-21(27)20(25-22(28)31-23(2,3)4)15-32-14-17-8-6-5-7-9-17/h10-13,16-17,20H,5-9,14-15H2,1-4H3,(H,24,27)(H,25,28)/t16-,20-/m0/s1. The SMILES string of the molecule is C[C@H](NC(=O)[C@H](CSCC1CCCCC1)NC(=O)OC(C)(C)C)c1ccc([N+](=O)[O-])cc1. The van der Waals surface area contributed by atoms with Crippen molar-refractivity contribution in [3.8, 4) is 0 Å². The van der Waals surface area contributed by atoms with E-state index in [0.29, 0.717) is 11.7 Å². The van der Waals surface area contributed by atoms with E-state index in [4.69, 9.17) is 4.74 Å². The Hall–Kier alpha value is -2.29. The quantitative estimate of drug-likeness (QED) is 0.393. The second kappa shape index (κ2) is 12.1. The van der Waals surface area contributed by atoms with Gasteiger partial charge in [0.05, 0.1) is 11.0 Å². The molecule has 1 aliphatic rings. The van der Waals surface area contributed by atoms with E-state index < -0.39 is 22.7 Å². The first-order chi connectivity index (χ1) is 15.0. The third-order valence-electron chi connectivity index (χ3n) is 5.33. The molecule has 0 radical (unpaired) electrons. The number of nitro benzene ring substituents is 1. The van der Waals surface area contributed by atoms with Gasteiger partial charge in [0.15, 0.2) is 0 Å². The van der Waals surface area contributed by atoms with E-state index in [1.165, 1.54) is 44.2 Å². The summed E-state index contributed by atoms with van der Waals surface area (Å²) < 4.78 is 5.34. The van der Waals surface area contributed by atoms with Crippen molar-refractivity contribution >= 4 is 29.4 Å². The first-order valence-electron chi connectivity index (χ1n) is 11.2. The minimum Gasteiger partial charge on any atom is -0.444 e. The van der Waals surface area contributed by atoms with Gasteiger partial charge in [0.2, 0.25) is 5.91 Å². The predicted octanol–water partition coefficient (Wildman–Crippen LogP) is 4.98. The highest BCUT2D eigenvalue weighted by atomic mass is 32.2. The number of alkyl carbamates (subject to hydrolysis) is 1. The van der Waals surface area contributed by atoms with Crippen LogP contribution in [0.2, 0.25) is 0 Å².